The van der Waals surface area contributed by atoms with Crippen LogP contribution in [0.2, 0.25) is 0 Å². The van der Waals surface area contributed by atoms with Gasteiger partial charge in [0, 0.05) is 19.3 Å². The van der Waals surface area contributed by atoms with Crippen LogP contribution < -0.4 is 5.32 Å². The Morgan fingerprint density at radius 1 is 1.20 bits per heavy atom. The van der Waals surface area contributed by atoms with E-state index in [0.717, 1.165) is 37.6 Å². The van der Waals surface area contributed by atoms with E-state index in [9.17, 15) is 0 Å². The molecule has 1 aliphatic heterocycles. The molecule has 2 nitrogen and oxygen atoms in total. The number of hydrogen-bond donors (Lipinski definition) is 1. The van der Waals surface area contributed by atoms with Gasteiger partial charge in [-0.3, -0.25) is 0 Å². The van der Waals surface area contributed by atoms with E-state index in [1.807, 2.05) is 0 Å². The van der Waals surface area contributed by atoms with Gasteiger partial charge in [0.1, 0.15) is 0 Å². The molecule has 1 saturated carbocycles. The molecule has 1 saturated heterocycles. The lowest BCUT2D eigenvalue weighted by Crippen LogP contribution is -2.41. The SMILES string of the molecule is CCNC(CC1CCC1)C1CCOCC1. The van der Waals surface area contributed by atoms with E-state index in [1.165, 1.54) is 38.5 Å². The highest BCUT2D eigenvalue weighted by Crippen LogP contribution is 2.33. The summed E-state index contributed by atoms with van der Waals surface area (Å²) >= 11 is 0. The first-order chi connectivity index (χ1) is 7.40. The summed E-state index contributed by atoms with van der Waals surface area (Å²) in [5, 5.41) is 3.70. The zero-order chi connectivity index (χ0) is 10.5. The van der Waals surface area contributed by atoms with E-state index < -0.39 is 0 Å². The lowest BCUT2D eigenvalue weighted by atomic mass is 9.77. The maximum atomic E-state index is 5.45. The van der Waals surface area contributed by atoms with Crippen LogP contribution in [0.15, 0.2) is 0 Å². The molecule has 2 rings (SSSR count). The van der Waals surface area contributed by atoms with E-state index in [1.54, 1.807) is 0 Å². The monoisotopic (exact) mass is 211 g/mol. The van der Waals surface area contributed by atoms with Crippen molar-refractivity contribution in [2.45, 2.75) is 51.5 Å². The Morgan fingerprint density at radius 2 is 1.93 bits per heavy atom. The van der Waals surface area contributed by atoms with E-state index in [2.05, 4.69) is 12.2 Å². The summed E-state index contributed by atoms with van der Waals surface area (Å²) in [4.78, 5) is 0. The summed E-state index contributed by atoms with van der Waals surface area (Å²) in [5.41, 5.74) is 0. The summed E-state index contributed by atoms with van der Waals surface area (Å²) in [6.45, 7) is 5.32. The third kappa shape index (κ3) is 3.18. The molecule has 15 heavy (non-hydrogen) atoms. The summed E-state index contributed by atoms with van der Waals surface area (Å²) in [5.74, 6) is 1.90. The van der Waals surface area contributed by atoms with Gasteiger partial charge in [0.2, 0.25) is 0 Å². The first-order valence-corrected chi connectivity index (χ1v) is 6.71. The van der Waals surface area contributed by atoms with Crippen LogP contribution in [0.1, 0.15) is 45.4 Å². The molecule has 2 fully saturated rings. The van der Waals surface area contributed by atoms with Gasteiger partial charge in [-0.15, -0.1) is 0 Å². The van der Waals surface area contributed by atoms with Crippen LogP contribution in [0.25, 0.3) is 0 Å². The zero-order valence-electron chi connectivity index (χ0n) is 10.0. The van der Waals surface area contributed by atoms with E-state index >= 15 is 0 Å². The highest BCUT2D eigenvalue weighted by molar-refractivity contribution is 4.83. The normalized spacial score (nSPS) is 26.2. The first-order valence-electron chi connectivity index (χ1n) is 6.71. The number of nitrogens with one attached hydrogen (secondary N) is 1. The highest BCUT2D eigenvalue weighted by Gasteiger charge is 2.28. The van der Waals surface area contributed by atoms with Crippen LogP contribution in [-0.4, -0.2) is 25.8 Å². The van der Waals surface area contributed by atoms with Crippen molar-refractivity contribution in [1.82, 2.24) is 5.32 Å². The second kappa shape index (κ2) is 5.86. The molecule has 0 aromatic heterocycles. The molecule has 1 N–H and O–H groups in total. The fourth-order valence-electron chi connectivity index (χ4n) is 2.91. The fourth-order valence-corrected chi connectivity index (χ4v) is 2.91. The summed E-state index contributed by atoms with van der Waals surface area (Å²) in [6.07, 6.45) is 8.38. The van der Waals surface area contributed by atoms with E-state index in [-0.39, 0.29) is 0 Å². The maximum absolute atomic E-state index is 5.45. The molecule has 0 bridgehead atoms. The summed E-state index contributed by atoms with van der Waals surface area (Å²) in [6, 6.07) is 0.768. The predicted molar refractivity (Wildman–Crippen MR) is 63.0 cm³/mol. The van der Waals surface area contributed by atoms with Crippen LogP contribution in [-0.2, 0) is 4.74 Å². The van der Waals surface area contributed by atoms with Gasteiger partial charge in [-0.05, 0) is 37.6 Å². The van der Waals surface area contributed by atoms with Crippen molar-refractivity contribution in [3.63, 3.8) is 0 Å². The largest absolute Gasteiger partial charge is 0.381 e. The first kappa shape index (κ1) is 11.4. The van der Waals surface area contributed by atoms with Gasteiger partial charge in [-0.25, -0.2) is 0 Å². The Bertz CT molecular complexity index is 173. The molecule has 2 aliphatic rings. The molecule has 1 heterocycles. The van der Waals surface area contributed by atoms with Crippen LogP contribution in [0.5, 0.6) is 0 Å². The Morgan fingerprint density at radius 3 is 2.47 bits per heavy atom. The standard InChI is InChI=1S/C13H25NO/c1-2-14-13(10-11-4-3-5-11)12-6-8-15-9-7-12/h11-14H,2-10H2,1H3. The van der Waals surface area contributed by atoms with Gasteiger partial charge in [0.05, 0.1) is 0 Å². The van der Waals surface area contributed by atoms with Gasteiger partial charge >= 0.3 is 0 Å². The lowest BCUT2D eigenvalue weighted by Gasteiger charge is -2.36. The van der Waals surface area contributed by atoms with Crippen molar-refractivity contribution in [3.8, 4) is 0 Å². The van der Waals surface area contributed by atoms with Crippen LogP contribution in [0.3, 0.4) is 0 Å². The van der Waals surface area contributed by atoms with Gasteiger partial charge in [-0.2, -0.15) is 0 Å². The number of hydrogen-bond acceptors (Lipinski definition) is 2. The van der Waals surface area contributed by atoms with Crippen LogP contribution >= 0.6 is 0 Å². The molecule has 1 unspecified atom stereocenters. The van der Waals surface area contributed by atoms with Gasteiger partial charge in [0.25, 0.3) is 0 Å². The third-order valence-corrected chi connectivity index (χ3v) is 4.11. The minimum atomic E-state index is 0.768. The van der Waals surface area contributed by atoms with E-state index in [4.69, 9.17) is 4.74 Å². The molecular formula is C13H25NO. The Hall–Kier alpha value is -0.0800. The van der Waals surface area contributed by atoms with Crippen LogP contribution in [0.4, 0.5) is 0 Å². The lowest BCUT2D eigenvalue weighted by molar-refractivity contribution is 0.0479. The number of ether oxygens (including phenoxy) is 1. The zero-order valence-corrected chi connectivity index (χ0v) is 10.0. The molecular weight excluding hydrogens is 186 g/mol. The third-order valence-electron chi connectivity index (χ3n) is 4.11. The topological polar surface area (TPSA) is 21.3 Å². The Balaban J connectivity index is 1.79. The van der Waals surface area contributed by atoms with Gasteiger partial charge < -0.3 is 10.1 Å². The average molecular weight is 211 g/mol. The van der Waals surface area contributed by atoms with Gasteiger partial charge in [0.15, 0.2) is 0 Å². The van der Waals surface area contributed by atoms with Crippen molar-refractivity contribution >= 4 is 0 Å². The Labute approximate surface area is 93.8 Å². The van der Waals surface area contributed by atoms with E-state index in [0.29, 0.717) is 0 Å². The van der Waals surface area contributed by atoms with Crippen molar-refractivity contribution < 1.29 is 4.74 Å². The average Bonchev–Trinajstić information content (AvgIpc) is 2.23. The maximum Gasteiger partial charge on any atom is 0.0469 e. The summed E-state index contributed by atoms with van der Waals surface area (Å²) < 4.78 is 5.45. The fraction of sp³-hybridized carbons (Fsp3) is 1.00. The molecule has 0 spiro atoms. The Kier molecular flexibility index (Phi) is 4.45. The molecule has 1 atom stereocenters. The minimum absolute atomic E-state index is 0.768. The minimum Gasteiger partial charge on any atom is -0.381 e. The molecule has 2 heteroatoms. The molecule has 0 radical (unpaired) electrons. The molecule has 0 aromatic carbocycles. The van der Waals surface area contributed by atoms with Crippen molar-refractivity contribution in [1.29, 1.82) is 0 Å². The van der Waals surface area contributed by atoms with Crippen molar-refractivity contribution in [3.05, 3.63) is 0 Å². The predicted octanol–water partition coefficient (Wildman–Crippen LogP) is 2.58. The highest BCUT2D eigenvalue weighted by atomic mass is 16.5. The second-order valence-corrected chi connectivity index (χ2v) is 5.15. The summed E-state index contributed by atoms with van der Waals surface area (Å²) in [7, 11) is 0. The van der Waals surface area contributed by atoms with Crippen molar-refractivity contribution in [2.75, 3.05) is 19.8 Å². The second-order valence-electron chi connectivity index (χ2n) is 5.15. The van der Waals surface area contributed by atoms with Gasteiger partial charge in [-0.1, -0.05) is 26.2 Å². The smallest absolute Gasteiger partial charge is 0.0469 e. The molecule has 88 valence electrons. The number of rotatable bonds is 5. The van der Waals surface area contributed by atoms with Crippen LogP contribution in [0, 0.1) is 11.8 Å². The van der Waals surface area contributed by atoms with Crippen molar-refractivity contribution in [2.24, 2.45) is 11.8 Å². The molecule has 0 amide bonds. The molecule has 0 aromatic rings. The quantitative estimate of drug-likeness (QED) is 0.754. The molecule has 1 aliphatic carbocycles.